The van der Waals surface area contributed by atoms with Crippen molar-refractivity contribution in [2.45, 2.75) is 13.2 Å². The maximum atomic E-state index is 13.2. The van der Waals surface area contributed by atoms with Crippen LogP contribution in [-0.2, 0) is 17.9 Å². The molecule has 0 bridgehead atoms. The number of piperazine rings is 1. The van der Waals surface area contributed by atoms with Gasteiger partial charge in [0.2, 0.25) is 0 Å². The lowest BCUT2D eigenvalue weighted by Crippen LogP contribution is -2.47. The highest BCUT2D eigenvalue weighted by atomic mass is 35.5. The van der Waals surface area contributed by atoms with E-state index in [0.717, 1.165) is 71.7 Å². The Bertz CT molecular complexity index is 1880. The second kappa shape index (κ2) is 13.8. The van der Waals surface area contributed by atoms with Crippen molar-refractivity contribution in [1.82, 2.24) is 19.6 Å². The van der Waals surface area contributed by atoms with Gasteiger partial charge in [0.15, 0.2) is 5.17 Å². The number of benzene rings is 4. The highest BCUT2D eigenvalue weighted by Gasteiger charge is 2.29. The van der Waals surface area contributed by atoms with Gasteiger partial charge >= 0.3 is 0 Å². The number of nitrogens with zero attached hydrogens (tertiary/aromatic N) is 5. The van der Waals surface area contributed by atoms with E-state index >= 15 is 0 Å². The van der Waals surface area contributed by atoms with Crippen molar-refractivity contribution in [3.63, 3.8) is 0 Å². The number of amides is 1. The first-order valence-electron chi connectivity index (χ1n) is 15.2. The third-order valence-corrected chi connectivity index (χ3v) is 9.44. The highest BCUT2D eigenvalue weighted by Crippen LogP contribution is 2.34. The minimum atomic E-state index is -0.214. The second-order valence-electron chi connectivity index (χ2n) is 11.2. The molecular formula is C37H32ClN5O2S. The summed E-state index contributed by atoms with van der Waals surface area (Å²) in [5.41, 5.74) is 5.70. The molecule has 0 atom stereocenters. The van der Waals surface area contributed by atoms with Crippen LogP contribution in [0.15, 0.2) is 125 Å². The van der Waals surface area contributed by atoms with E-state index in [9.17, 15) is 4.79 Å². The van der Waals surface area contributed by atoms with Gasteiger partial charge in [-0.25, -0.2) is 4.68 Å². The summed E-state index contributed by atoms with van der Waals surface area (Å²) in [5.74, 6) is 0.517. The molecule has 0 saturated carbocycles. The van der Waals surface area contributed by atoms with Gasteiger partial charge < -0.3 is 9.64 Å². The van der Waals surface area contributed by atoms with Crippen LogP contribution in [-0.4, -0.2) is 56.8 Å². The van der Waals surface area contributed by atoms with Gasteiger partial charge in [-0.15, -0.1) is 0 Å². The quantitative estimate of drug-likeness (QED) is 0.162. The van der Waals surface area contributed by atoms with Gasteiger partial charge in [0, 0.05) is 60.6 Å². The number of amidine groups is 1. The van der Waals surface area contributed by atoms with E-state index in [1.165, 1.54) is 17.3 Å². The van der Waals surface area contributed by atoms with Crippen molar-refractivity contribution < 1.29 is 9.53 Å². The number of thioether (sulfide) groups is 1. The number of hydrogen-bond acceptors (Lipinski definition) is 6. The largest absolute Gasteiger partial charge is 0.489 e. The van der Waals surface area contributed by atoms with Gasteiger partial charge in [0.25, 0.3) is 5.91 Å². The maximum absolute atomic E-state index is 13.2. The zero-order chi connectivity index (χ0) is 31.3. The fourth-order valence-electron chi connectivity index (χ4n) is 5.53. The Hall–Kier alpha value is -4.63. The summed E-state index contributed by atoms with van der Waals surface area (Å²) in [6.45, 7) is 4.83. The number of carbonyl (C=O) groups is 1. The molecule has 3 heterocycles. The zero-order valence-corrected chi connectivity index (χ0v) is 26.7. The molecule has 46 heavy (non-hydrogen) atoms. The Labute approximate surface area is 277 Å². The molecule has 1 fully saturated rings. The topological polar surface area (TPSA) is 63.0 Å². The first-order chi connectivity index (χ1) is 22.6. The standard InChI is InChI=1S/C37H32ClN5O2S/c38-33-14-8-7-11-29(33)26-45-32-17-15-28(16-18-32)35-30(25-43(40-35)31-12-5-2-6-13-31)23-34-36(44)39-37(46-34)42-21-19-41(20-22-42)24-27-9-3-1-4-10-27/h1-18,23,25H,19-22,24,26H2/b34-23-. The average molecular weight is 646 g/mol. The molecule has 0 unspecified atom stereocenters. The first kappa shape index (κ1) is 30.0. The Balaban J connectivity index is 1.08. The molecule has 0 aliphatic carbocycles. The maximum Gasteiger partial charge on any atom is 0.286 e. The normalized spacial score (nSPS) is 16.2. The summed E-state index contributed by atoms with van der Waals surface area (Å²) in [6.07, 6.45) is 3.88. The molecule has 1 amide bonds. The minimum absolute atomic E-state index is 0.214. The third-order valence-electron chi connectivity index (χ3n) is 8.03. The molecule has 2 aliphatic rings. The molecule has 1 saturated heterocycles. The van der Waals surface area contributed by atoms with Crippen LogP contribution in [0.5, 0.6) is 5.75 Å². The molecule has 0 spiro atoms. The van der Waals surface area contributed by atoms with Crippen LogP contribution in [0.4, 0.5) is 0 Å². The highest BCUT2D eigenvalue weighted by molar-refractivity contribution is 8.18. The van der Waals surface area contributed by atoms with Gasteiger partial charge in [-0.05, 0) is 65.9 Å². The van der Waals surface area contributed by atoms with Crippen LogP contribution in [0.3, 0.4) is 0 Å². The molecule has 230 valence electrons. The van der Waals surface area contributed by atoms with Crippen LogP contribution >= 0.6 is 23.4 Å². The summed E-state index contributed by atoms with van der Waals surface area (Å²) in [5, 5.41) is 6.40. The summed E-state index contributed by atoms with van der Waals surface area (Å²) in [4.78, 5) is 22.9. The molecule has 0 N–H and O–H groups in total. The van der Waals surface area contributed by atoms with E-state index in [1.807, 2.05) is 102 Å². The predicted octanol–water partition coefficient (Wildman–Crippen LogP) is 7.56. The SMILES string of the molecule is O=C1N=C(N2CCN(Cc3ccccc3)CC2)S/C1=C\c1cn(-c2ccccc2)nc1-c1ccc(OCc2ccccc2Cl)cc1. The molecule has 7 rings (SSSR count). The lowest BCUT2D eigenvalue weighted by atomic mass is 10.1. The third kappa shape index (κ3) is 6.94. The Morgan fingerprint density at radius 3 is 2.26 bits per heavy atom. The van der Waals surface area contributed by atoms with Crippen LogP contribution in [0.2, 0.25) is 5.02 Å². The van der Waals surface area contributed by atoms with E-state index < -0.39 is 0 Å². The van der Waals surface area contributed by atoms with Crippen LogP contribution < -0.4 is 4.74 Å². The molecular weight excluding hydrogens is 614 g/mol. The van der Waals surface area contributed by atoms with Crippen molar-refractivity contribution in [2.75, 3.05) is 26.2 Å². The minimum Gasteiger partial charge on any atom is -0.489 e. The second-order valence-corrected chi connectivity index (χ2v) is 12.6. The van der Waals surface area contributed by atoms with E-state index in [4.69, 9.17) is 21.4 Å². The molecule has 7 nitrogen and oxygen atoms in total. The summed E-state index contributed by atoms with van der Waals surface area (Å²) >= 11 is 7.74. The number of para-hydroxylation sites is 1. The van der Waals surface area contributed by atoms with Gasteiger partial charge in [0.1, 0.15) is 12.4 Å². The van der Waals surface area contributed by atoms with E-state index in [-0.39, 0.29) is 5.91 Å². The molecule has 1 aromatic heterocycles. The van der Waals surface area contributed by atoms with Crippen molar-refractivity contribution in [2.24, 2.45) is 4.99 Å². The smallest absolute Gasteiger partial charge is 0.286 e. The number of aliphatic imine (C=N–C) groups is 1. The Kier molecular flexibility index (Phi) is 9.01. The summed E-state index contributed by atoms with van der Waals surface area (Å²) in [6, 6.07) is 36.0. The molecule has 0 radical (unpaired) electrons. The van der Waals surface area contributed by atoms with Crippen LogP contribution in [0.25, 0.3) is 23.0 Å². The van der Waals surface area contributed by atoms with Gasteiger partial charge in [-0.3, -0.25) is 9.69 Å². The zero-order valence-electron chi connectivity index (χ0n) is 25.1. The van der Waals surface area contributed by atoms with Gasteiger partial charge in [-0.1, -0.05) is 78.3 Å². The summed E-state index contributed by atoms with van der Waals surface area (Å²) in [7, 11) is 0. The van der Waals surface area contributed by atoms with E-state index in [2.05, 4.69) is 39.1 Å². The average Bonchev–Trinajstić information content (AvgIpc) is 3.69. The number of halogens is 1. The van der Waals surface area contributed by atoms with Crippen molar-refractivity contribution >= 4 is 40.5 Å². The number of hydrogen-bond donors (Lipinski definition) is 0. The molecule has 4 aromatic carbocycles. The fourth-order valence-corrected chi connectivity index (χ4v) is 6.68. The first-order valence-corrected chi connectivity index (χ1v) is 16.4. The predicted molar refractivity (Wildman–Crippen MR) is 186 cm³/mol. The summed E-state index contributed by atoms with van der Waals surface area (Å²) < 4.78 is 7.85. The van der Waals surface area contributed by atoms with Crippen LogP contribution in [0.1, 0.15) is 16.7 Å². The number of carbonyl (C=O) groups excluding carboxylic acids is 1. The van der Waals surface area contributed by atoms with Crippen molar-refractivity contribution in [3.05, 3.63) is 142 Å². The van der Waals surface area contributed by atoms with E-state index in [1.54, 1.807) is 0 Å². The Morgan fingerprint density at radius 2 is 1.52 bits per heavy atom. The van der Waals surface area contributed by atoms with Gasteiger partial charge in [0.05, 0.1) is 16.3 Å². The van der Waals surface area contributed by atoms with Crippen LogP contribution in [0, 0.1) is 0 Å². The number of aromatic nitrogens is 2. The molecule has 9 heteroatoms. The fraction of sp³-hybridized carbons (Fsp3) is 0.162. The number of rotatable bonds is 8. The van der Waals surface area contributed by atoms with E-state index in [0.29, 0.717) is 16.5 Å². The lowest BCUT2D eigenvalue weighted by Gasteiger charge is -2.35. The number of ether oxygens (including phenoxy) is 1. The molecule has 5 aromatic rings. The lowest BCUT2D eigenvalue weighted by molar-refractivity contribution is -0.113. The Morgan fingerprint density at radius 1 is 0.826 bits per heavy atom. The van der Waals surface area contributed by atoms with Gasteiger partial charge in [-0.2, -0.15) is 10.1 Å². The van der Waals surface area contributed by atoms with Crippen molar-refractivity contribution in [3.8, 4) is 22.7 Å². The molecule has 2 aliphatic heterocycles. The van der Waals surface area contributed by atoms with Crippen molar-refractivity contribution in [1.29, 1.82) is 0 Å². The monoisotopic (exact) mass is 645 g/mol.